The average molecular weight is 378 g/mol. The molecule has 0 radical (unpaired) electrons. The summed E-state index contributed by atoms with van der Waals surface area (Å²) in [5.74, 6) is 0.525. The van der Waals surface area contributed by atoms with Crippen molar-refractivity contribution in [3.8, 4) is 0 Å². The molecule has 6 heteroatoms. The third-order valence-electron chi connectivity index (χ3n) is 4.90. The first kappa shape index (κ1) is 19.6. The molecule has 0 saturated carbocycles. The number of benzene rings is 2. The lowest BCUT2D eigenvalue weighted by Gasteiger charge is -2.19. The van der Waals surface area contributed by atoms with E-state index in [0.717, 1.165) is 40.1 Å². The van der Waals surface area contributed by atoms with Gasteiger partial charge in [-0.25, -0.2) is 4.98 Å². The molecule has 2 amide bonds. The summed E-state index contributed by atoms with van der Waals surface area (Å²) in [7, 11) is 1.65. The van der Waals surface area contributed by atoms with Crippen molar-refractivity contribution in [2.75, 3.05) is 18.9 Å². The number of amides is 2. The summed E-state index contributed by atoms with van der Waals surface area (Å²) in [6.45, 7) is 6.09. The number of aryl methyl sites for hydroxylation is 3. The van der Waals surface area contributed by atoms with Gasteiger partial charge < -0.3 is 14.8 Å². The predicted octanol–water partition coefficient (Wildman–Crippen LogP) is 3.31. The molecular formula is C22H26N4O2. The number of aromatic nitrogens is 2. The van der Waals surface area contributed by atoms with Crippen LogP contribution in [0.5, 0.6) is 0 Å². The largest absolute Gasteiger partial charge is 0.335 e. The molecule has 3 aromatic rings. The predicted molar refractivity (Wildman–Crippen MR) is 111 cm³/mol. The van der Waals surface area contributed by atoms with E-state index in [1.807, 2.05) is 67.8 Å². The van der Waals surface area contributed by atoms with E-state index in [1.54, 1.807) is 7.05 Å². The second kappa shape index (κ2) is 8.25. The fraction of sp³-hybridized carbons (Fsp3) is 0.318. The van der Waals surface area contributed by atoms with E-state index < -0.39 is 0 Å². The van der Waals surface area contributed by atoms with Gasteiger partial charge in [0.25, 0.3) is 0 Å². The lowest BCUT2D eigenvalue weighted by molar-refractivity contribution is -0.133. The first-order chi connectivity index (χ1) is 13.4. The number of rotatable bonds is 6. The first-order valence-electron chi connectivity index (χ1n) is 9.45. The summed E-state index contributed by atoms with van der Waals surface area (Å²) in [6, 6.07) is 13.6. The van der Waals surface area contributed by atoms with Crippen LogP contribution in [-0.4, -0.2) is 39.9 Å². The van der Waals surface area contributed by atoms with Gasteiger partial charge in [-0.1, -0.05) is 37.3 Å². The third kappa shape index (κ3) is 4.06. The van der Waals surface area contributed by atoms with Gasteiger partial charge in [0.1, 0.15) is 12.4 Å². The van der Waals surface area contributed by atoms with Gasteiger partial charge in [0.2, 0.25) is 11.8 Å². The highest BCUT2D eigenvalue weighted by molar-refractivity contribution is 5.95. The van der Waals surface area contributed by atoms with Crippen LogP contribution < -0.4 is 5.32 Å². The number of carbonyl (C=O) groups excluding carboxylic acids is 2. The van der Waals surface area contributed by atoms with Crippen molar-refractivity contribution in [1.82, 2.24) is 14.5 Å². The zero-order valence-electron chi connectivity index (χ0n) is 16.8. The van der Waals surface area contributed by atoms with Gasteiger partial charge >= 0.3 is 0 Å². The first-order valence-corrected chi connectivity index (χ1v) is 9.45. The van der Waals surface area contributed by atoms with Crippen LogP contribution in [0.1, 0.15) is 23.9 Å². The number of nitrogens with zero attached hydrogens (tertiary/aromatic N) is 3. The van der Waals surface area contributed by atoms with Gasteiger partial charge in [-0.05, 0) is 37.1 Å². The Morgan fingerprint density at radius 3 is 2.43 bits per heavy atom. The van der Waals surface area contributed by atoms with Crippen molar-refractivity contribution < 1.29 is 9.59 Å². The van der Waals surface area contributed by atoms with Crippen molar-refractivity contribution in [3.63, 3.8) is 0 Å². The number of anilines is 1. The number of nitrogens with one attached hydrogen (secondary N) is 1. The molecule has 0 bridgehead atoms. The molecule has 0 aliphatic rings. The monoisotopic (exact) mass is 378 g/mol. The van der Waals surface area contributed by atoms with Gasteiger partial charge in [0.15, 0.2) is 0 Å². The zero-order chi connectivity index (χ0) is 20.3. The molecular weight excluding hydrogens is 352 g/mol. The number of carbonyl (C=O) groups is 2. The Kier molecular flexibility index (Phi) is 5.78. The molecule has 1 N–H and O–H groups in total. The molecule has 28 heavy (non-hydrogen) atoms. The Morgan fingerprint density at radius 2 is 1.75 bits per heavy atom. The second-order valence-electron chi connectivity index (χ2n) is 7.02. The van der Waals surface area contributed by atoms with Crippen molar-refractivity contribution in [2.24, 2.45) is 0 Å². The van der Waals surface area contributed by atoms with Gasteiger partial charge in [0, 0.05) is 19.2 Å². The minimum Gasteiger partial charge on any atom is -0.335 e. The van der Waals surface area contributed by atoms with Crippen LogP contribution in [0.25, 0.3) is 11.0 Å². The van der Waals surface area contributed by atoms with E-state index in [2.05, 4.69) is 10.3 Å². The molecule has 1 aromatic heterocycles. The van der Waals surface area contributed by atoms with Crippen molar-refractivity contribution in [2.45, 2.75) is 33.7 Å². The highest BCUT2D eigenvalue weighted by atomic mass is 16.2. The number of likely N-dealkylation sites (N-methyl/N-ethyl adjacent to an activating group) is 1. The van der Waals surface area contributed by atoms with Crippen LogP contribution in [0, 0.1) is 13.8 Å². The fourth-order valence-corrected chi connectivity index (χ4v) is 3.32. The van der Waals surface area contributed by atoms with Gasteiger partial charge in [0.05, 0.1) is 17.6 Å². The molecule has 0 saturated heterocycles. The highest BCUT2D eigenvalue weighted by Gasteiger charge is 2.18. The molecule has 0 atom stereocenters. The minimum absolute atomic E-state index is 0.000690. The minimum atomic E-state index is -0.209. The van der Waals surface area contributed by atoms with E-state index >= 15 is 0 Å². The summed E-state index contributed by atoms with van der Waals surface area (Å²) >= 11 is 0. The number of fused-ring (bicyclic) bond motifs is 1. The van der Waals surface area contributed by atoms with Crippen LogP contribution in [0.2, 0.25) is 0 Å². The van der Waals surface area contributed by atoms with Crippen molar-refractivity contribution >= 4 is 28.5 Å². The summed E-state index contributed by atoms with van der Waals surface area (Å²) in [5.41, 5.74) is 4.62. The summed E-state index contributed by atoms with van der Waals surface area (Å²) < 4.78 is 1.93. The maximum Gasteiger partial charge on any atom is 0.243 e. The topological polar surface area (TPSA) is 67.2 Å². The quantitative estimate of drug-likeness (QED) is 0.716. The number of hydrogen-bond donors (Lipinski definition) is 1. The lowest BCUT2D eigenvalue weighted by Crippen LogP contribution is -2.37. The van der Waals surface area contributed by atoms with Crippen LogP contribution >= 0.6 is 0 Å². The molecule has 0 aliphatic heterocycles. The Hall–Kier alpha value is -3.15. The molecule has 3 rings (SSSR count). The van der Waals surface area contributed by atoms with Crippen molar-refractivity contribution in [1.29, 1.82) is 0 Å². The van der Waals surface area contributed by atoms with Crippen LogP contribution in [0.3, 0.4) is 0 Å². The van der Waals surface area contributed by atoms with E-state index in [0.29, 0.717) is 0 Å². The molecule has 0 spiro atoms. The molecule has 0 aliphatic carbocycles. The van der Waals surface area contributed by atoms with E-state index in [9.17, 15) is 9.59 Å². The summed E-state index contributed by atoms with van der Waals surface area (Å²) in [4.78, 5) is 31.2. The van der Waals surface area contributed by atoms with Gasteiger partial charge in [-0.15, -0.1) is 0 Å². The third-order valence-corrected chi connectivity index (χ3v) is 4.90. The zero-order valence-corrected chi connectivity index (χ0v) is 16.8. The van der Waals surface area contributed by atoms with Crippen molar-refractivity contribution in [3.05, 3.63) is 59.4 Å². The van der Waals surface area contributed by atoms with E-state index in [1.165, 1.54) is 4.90 Å². The molecule has 6 nitrogen and oxygen atoms in total. The smallest absolute Gasteiger partial charge is 0.243 e. The fourth-order valence-electron chi connectivity index (χ4n) is 3.32. The van der Waals surface area contributed by atoms with Crippen LogP contribution in [-0.2, 0) is 22.6 Å². The molecule has 1 heterocycles. The SMILES string of the molecule is CCc1nc2ccccc2n1CC(=O)N(C)CC(=O)Nc1c(C)cccc1C. The van der Waals surface area contributed by atoms with E-state index in [-0.39, 0.29) is 24.9 Å². The number of hydrogen-bond acceptors (Lipinski definition) is 3. The van der Waals surface area contributed by atoms with Gasteiger partial charge in [-0.2, -0.15) is 0 Å². The number of para-hydroxylation sites is 3. The summed E-state index contributed by atoms with van der Waals surface area (Å²) in [6.07, 6.45) is 0.735. The molecule has 2 aromatic carbocycles. The molecule has 146 valence electrons. The summed E-state index contributed by atoms with van der Waals surface area (Å²) in [5, 5.41) is 2.92. The lowest BCUT2D eigenvalue weighted by atomic mass is 10.1. The standard InChI is InChI=1S/C22H26N4O2/c1-5-19-23-17-11-6-7-12-18(17)26(19)14-21(28)25(4)13-20(27)24-22-15(2)9-8-10-16(22)3/h6-12H,5,13-14H2,1-4H3,(H,24,27). The molecule has 0 fully saturated rings. The highest BCUT2D eigenvalue weighted by Crippen LogP contribution is 2.19. The molecule has 0 unspecified atom stereocenters. The van der Waals surface area contributed by atoms with Crippen LogP contribution in [0.4, 0.5) is 5.69 Å². The maximum absolute atomic E-state index is 12.7. The maximum atomic E-state index is 12.7. The average Bonchev–Trinajstić information content (AvgIpc) is 3.02. The normalized spacial score (nSPS) is 10.9. The number of imidazole rings is 1. The Labute approximate surface area is 165 Å². The Bertz CT molecular complexity index is 1000. The second-order valence-corrected chi connectivity index (χ2v) is 7.02. The Morgan fingerprint density at radius 1 is 1.07 bits per heavy atom. The van der Waals surface area contributed by atoms with Gasteiger partial charge in [-0.3, -0.25) is 9.59 Å². The van der Waals surface area contributed by atoms with Crippen LogP contribution in [0.15, 0.2) is 42.5 Å². The van der Waals surface area contributed by atoms with E-state index in [4.69, 9.17) is 0 Å². The Balaban J connectivity index is 1.69.